The monoisotopic (exact) mass is 246 g/mol. The third kappa shape index (κ3) is 3.83. The van der Waals surface area contributed by atoms with Gasteiger partial charge in [-0.3, -0.25) is 9.59 Å². The Morgan fingerprint density at radius 1 is 1.33 bits per heavy atom. The van der Waals surface area contributed by atoms with Gasteiger partial charge >= 0.3 is 0 Å². The second-order valence-corrected chi connectivity index (χ2v) is 3.36. The molecular weight excluding hydrogens is 232 g/mol. The molecule has 2 N–H and O–H groups in total. The highest BCUT2D eigenvalue weighted by Gasteiger charge is 2.11. The van der Waals surface area contributed by atoms with E-state index in [9.17, 15) is 9.59 Å². The van der Waals surface area contributed by atoms with Gasteiger partial charge in [-0.1, -0.05) is 18.1 Å². The minimum atomic E-state index is -0.372. The summed E-state index contributed by atoms with van der Waals surface area (Å²) in [4.78, 5) is 23.0. The van der Waals surface area contributed by atoms with Gasteiger partial charge in [-0.05, 0) is 12.1 Å². The molecule has 0 aromatic heterocycles. The number of ether oxygens (including phenoxy) is 1. The summed E-state index contributed by atoms with van der Waals surface area (Å²) in [5, 5.41) is 4.93. The van der Waals surface area contributed by atoms with E-state index in [4.69, 9.17) is 11.2 Å². The van der Waals surface area contributed by atoms with Crippen molar-refractivity contribution in [1.82, 2.24) is 10.6 Å². The molecule has 5 heteroatoms. The van der Waals surface area contributed by atoms with E-state index in [0.29, 0.717) is 11.3 Å². The van der Waals surface area contributed by atoms with Gasteiger partial charge in [-0.2, -0.15) is 0 Å². The Kier molecular flexibility index (Phi) is 5.26. The number of benzene rings is 1. The van der Waals surface area contributed by atoms with Gasteiger partial charge in [0.2, 0.25) is 5.91 Å². The molecule has 18 heavy (non-hydrogen) atoms. The van der Waals surface area contributed by atoms with Gasteiger partial charge < -0.3 is 15.4 Å². The SMILES string of the molecule is C#CCNC(=O)CNC(=O)c1ccccc1OC. The van der Waals surface area contributed by atoms with Gasteiger partial charge in [0, 0.05) is 0 Å². The van der Waals surface area contributed by atoms with E-state index in [2.05, 4.69) is 16.6 Å². The van der Waals surface area contributed by atoms with Crippen LogP contribution in [0.4, 0.5) is 0 Å². The molecule has 0 aliphatic carbocycles. The van der Waals surface area contributed by atoms with Crippen LogP contribution in [0, 0.1) is 12.3 Å². The fourth-order valence-electron chi connectivity index (χ4n) is 1.30. The Morgan fingerprint density at radius 3 is 2.72 bits per heavy atom. The average molecular weight is 246 g/mol. The molecule has 0 spiro atoms. The smallest absolute Gasteiger partial charge is 0.255 e. The van der Waals surface area contributed by atoms with Crippen LogP contribution in [-0.4, -0.2) is 32.0 Å². The van der Waals surface area contributed by atoms with E-state index in [1.807, 2.05) is 0 Å². The molecule has 2 amide bonds. The Bertz CT molecular complexity index is 477. The maximum Gasteiger partial charge on any atom is 0.255 e. The number of methoxy groups -OCH3 is 1. The third-order valence-electron chi connectivity index (χ3n) is 2.15. The van der Waals surface area contributed by atoms with Gasteiger partial charge in [-0.25, -0.2) is 0 Å². The summed E-state index contributed by atoms with van der Waals surface area (Å²) in [6, 6.07) is 6.77. The zero-order valence-corrected chi connectivity index (χ0v) is 10.0. The van der Waals surface area contributed by atoms with Crippen LogP contribution >= 0.6 is 0 Å². The number of hydrogen-bond acceptors (Lipinski definition) is 3. The Hall–Kier alpha value is -2.48. The molecule has 0 saturated heterocycles. The molecule has 1 rings (SSSR count). The van der Waals surface area contributed by atoms with E-state index in [1.165, 1.54) is 7.11 Å². The van der Waals surface area contributed by atoms with Crippen molar-refractivity contribution >= 4 is 11.8 Å². The molecule has 0 bridgehead atoms. The van der Waals surface area contributed by atoms with E-state index < -0.39 is 0 Å². The maximum atomic E-state index is 11.8. The van der Waals surface area contributed by atoms with E-state index in [0.717, 1.165) is 0 Å². The van der Waals surface area contributed by atoms with Gasteiger partial charge in [0.1, 0.15) is 5.75 Å². The number of terminal acetylenes is 1. The summed E-state index contributed by atoms with van der Waals surface area (Å²) in [5.74, 6) is 2.02. The predicted octanol–water partition coefficient (Wildman–Crippen LogP) is 0.174. The fourth-order valence-corrected chi connectivity index (χ4v) is 1.30. The third-order valence-corrected chi connectivity index (χ3v) is 2.15. The van der Waals surface area contributed by atoms with Crippen molar-refractivity contribution in [2.45, 2.75) is 0 Å². The molecule has 0 aliphatic rings. The van der Waals surface area contributed by atoms with E-state index in [-0.39, 0.29) is 24.9 Å². The lowest BCUT2D eigenvalue weighted by Gasteiger charge is -2.08. The second kappa shape index (κ2) is 6.97. The van der Waals surface area contributed by atoms with Crippen LogP contribution in [0.15, 0.2) is 24.3 Å². The molecule has 0 atom stereocenters. The van der Waals surface area contributed by atoms with Crippen LogP contribution in [-0.2, 0) is 4.79 Å². The molecule has 0 fully saturated rings. The summed E-state index contributed by atoms with van der Waals surface area (Å²) >= 11 is 0. The molecule has 0 aliphatic heterocycles. The normalized spacial score (nSPS) is 9.11. The van der Waals surface area contributed by atoms with Crippen molar-refractivity contribution in [3.05, 3.63) is 29.8 Å². The first-order chi connectivity index (χ1) is 8.69. The van der Waals surface area contributed by atoms with Crippen molar-refractivity contribution in [3.8, 4) is 18.1 Å². The minimum Gasteiger partial charge on any atom is -0.496 e. The highest BCUT2D eigenvalue weighted by atomic mass is 16.5. The lowest BCUT2D eigenvalue weighted by molar-refractivity contribution is -0.119. The molecule has 0 radical (unpaired) electrons. The number of carbonyl (C=O) groups excluding carboxylic acids is 2. The first kappa shape index (κ1) is 13.6. The van der Waals surface area contributed by atoms with Crippen molar-refractivity contribution in [3.63, 3.8) is 0 Å². The van der Waals surface area contributed by atoms with Gasteiger partial charge in [-0.15, -0.1) is 6.42 Å². The molecular formula is C13H14N2O3. The standard InChI is InChI=1S/C13H14N2O3/c1-3-8-14-12(16)9-15-13(17)10-6-4-5-7-11(10)18-2/h1,4-7H,8-9H2,2H3,(H,14,16)(H,15,17). The summed E-state index contributed by atoms with van der Waals surface area (Å²) < 4.78 is 5.05. The average Bonchev–Trinajstić information content (AvgIpc) is 2.42. The lowest BCUT2D eigenvalue weighted by Crippen LogP contribution is -2.37. The molecule has 0 saturated carbocycles. The van der Waals surface area contributed by atoms with E-state index in [1.54, 1.807) is 24.3 Å². The molecule has 5 nitrogen and oxygen atoms in total. The van der Waals surface area contributed by atoms with Gasteiger partial charge in [0.15, 0.2) is 0 Å². The van der Waals surface area contributed by atoms with E-state index >= 15 is 0 Å². The number of amides is 2. The summed E-state index contributed by atoms with van der Waals surface area (Å²) in [7, 11) is 1.48. The van der Waals surface area contributed by atoms with Crippen molar-refractivity contribution in [2.75, 3.05) is 20.2 Å². The van der Waals surface area contributed by atoms with Crippen LogP contribution in [0.25, 0.3) is 0 Å². The van der Waals surface area contributed by atoms with Crippen LogP contribution in [0.3, 0.4) is 0 Å². The van der Waals surface area contributed by atoms with Crippen LogP contribution in [0.2, 0.25) is 0 Å². The number of nitrogens with one attached hydrogen (secondary N) is 2. The number of carbonyl (C=O) groups is 2. The zero-order chi connectivity index (χ0) is 13.4. The topological polar surface area (TPSA) is 67.4 Å². The Labute approximate surface area is 106 Å². The number of para-hydroxylation sites is 1. The largest absolute Gasteiger partial charge is 0.496 e. The number of rotatable bonds is 5. The Morgan fingerprint density at radius 2 is 2.06 bits per heavy atom. The molecule has 0 unspecified atom stereocenters. The molecule has 94 valence electrons. The minimum absolute atomic E-state index is 0.126. The highest BCUT2D eigenvalue weighted by Crippen LogP contribution is 2.16. The van der Waals surface area contributed by atoms with Crippen molar-refractivity contribution in [1.29, 1.82) is 0 Å². The summed E-state index contributed by atoms with van der Waals surface area (Å²) in [6.07, 6.45) is 4.99. The maximum absolute atomic E-state index is 11.8. The summed E-state index contributed by atoms with van der Waals surface area (Å²) in [6.45, 7) is 0.0158. The van der Waals surface area contributed by atoms with Gasteiger partial charge in [0.05, 0.1) is 25.8 Å². The van der Waals surface area contributed by atoms with Crippen molar-refractivity contribution < 1.29 is 14.3 Å². The van der Waals surface area contributed by atoms with Crippen LogP contribution in [0.1, 0.15) is 10.4 Å². The Balaban J connectivity index is 2.56. The van der Waals surface area contributed by atoms with Crippen LogP contribution < -0.4 is 15.4 Å². The first-order valence-corrected chi connectivity index (χ1v) is 5.30. The first-order valence-electron chi connectivity index (χ1n) is 5.30. The molecule has 0 heterocycles. The second-order valence-electron chi connectivity index (χ2n) is 3.36. The number of hydrogen-bond donors (Lipinski definition) is 2. The lowest BCUT2D eigenvalue weighted by atomic mass is 10.2. The van der Waals surface area contributed by atoms with Crippen molar-refractivity contribution in [2.24, 2.45) is 0 Å². The highest BCUT2D eigenvalue weighted by molar-refractivity contribution is 5.98. The predicted molar refractivity (Wildman–Crippen MR) is 67.2 cm³/mol. The quantitative estimate of drug-likeness (QED) is 0.728. The van der Waals surface area contributed by atoms with Gasteiger partial charge in [0.25, 0.3) is 5.91 Å². The molecule has 1 aromatic rings. The van der Waals surface area contributed by atoms with Crippen LogP contribution in [0.5, 0.6) is 5.75 Å². The molecule has 1 aromatic carbocycles. The zero-order valence-electron chi connectivity index (χ0n) is 10.0. The fraction of sp³-hybridized carbons (Fsp3) is 0.231. The summed E-state index contributed by atoms with van der Waals surface area (Å²) in [5.41, 5.74) is 0.379.